The van der Waals surface area contributed by atoms with Crippen molar-refractivity contribution < 1.29 is 9.59 Å². The Balaban J connectivity index is 1.99. The van der Waals surface area contributed by atoms with Gasteiger partial charge in [-0.3, -0.25) is 9.59 Å². The summed E-state index contributed by atoms with van der Waals surface area (Å²) in [5, 5.41) is 2.03. The first-order chi connectivity index (χ1) is 14.6. The van der Waals surface area contributed by atoms with Crippen molar-refractivity contribution in [1.29, 1.82) is 0 Å². The first-order valence-corrected chi connectivity index (χ1v) is 12.1. The van der Waals surface area contributed by atoms with Gasteiger partial charge in [0.25, 0.3) is 0 Å². The minimum Gasteiger partial charge on any atom is -0.333 e. The molecule has 4 nitrogen and oxygen atoms in total. The quantitative estimate of drug-likeness (QED) is 0.353. The molecule has 0 aliphatic rings. The van der Waals surface area contributed by atoms with E-state index in [1.54, 1.807) is 16.2 Å². The van der Waals surface area contributed by atoms with Crippen molar-refractivity contribution in [3.63, 3.8) is 0 Å². The van der Waals surface area contributed by atoms with Crippen LogP contribution in [-0.2, 0) is 22.7 Å². The van der Waals surface area contributed by atoms with E-state index in [-0.39, 0.29) is 18.4 Å². The average molecular weight is 429 g/mol. The van der Waals surface area contributed by atoms with Gasteiger partial charge >= 0.3 is 0 Å². The Morgan fingerprint density at radius 3 is 2.23 bits per heavy atom. The van der Waals surface area contributed by atoms with Gasteiger partial charge < -0.3 is 9.80 Å². The molecule has 1 heterocycles. The van der Waals surface area contributed by atoms with E-state index in [0.29, 0.717) is 26.1 Å². The second kappa shape index (κ2) is 14.0. The van der Waals surface area contributed by atoms with Crippen molar-refractivity contribution >= 4 is 23.2 Å². The number of carbonyl (C=O) groups is 2. The van der Waals surface area contributed by atoms with Crippen LogP contribution in [0.3, 0.4) is 0 Å². The normalized spacial score (nSPS) is 10.7. The molecule has 164 valence electrons. The SMILES string of the molecule is CCCCCCCC(=O)N(CCC)CC(=O)N(Cc1ccccc1)Cc1cccs1. The van der Waals surface area contributed by atoms with Crippen molar-refractivity contribution in [2.24, 2.45) is 0 Å². The van der Waals surface area contributed by atoms with Crippen LogP contribution >= 0.6 is 11.3 Å². The Morgan fingerprint density at radius 2 is 1.57 bits per heavy atom. The van der Waals surface area contributed by atoms with E-state index in [0.717, 1.165) is 29.7 Å². The molecule has 0 radical (unpaired) electrons. The van der Waals surface area contributed by atoms with Crippen LogP contribution in [0.25, 0.3) is 0 Å². The maximum atomic E-state index is 13.2. The van der Waals surface area contributed by atoms with E-state index in [2.05, 4.69) is 19.9 Å². The number of unbranched alkanes of at least 4 members (excludes halogenated alkanes) is 4. The van der Waals surface area contributed by atoms with Gasteiger partial charge in [0, 0.05) is 24.4 Å². The fourth-order valence-electron chi connectivity index (χ4n) is 3.49. The van der Waals surface area contributed by atoms with E-state index in [4.69, 9.17) is 0 Å². The Morgan fingerprint density at radius 1 is 0.800 bits per heavy atom. The smallest absolute Gasteiger partial charge is 0.242 e. The molecule has 30 heavy (non-hydrogen) atoms. The molecule has 0 aliphatic carbocycles. The lowest BCUT2D eigenvalue weighted by Gasteiger charge is -2.27. The molecule has 0 unspecified atom stereocenters. The van der Waals surface area contributed by atoms with Gasteiger partial charge in [-0.2, -0.15) is 0 Å². The molecule has 5 heteroatoms. The Hall–Kier alpha value is -2.14. The summed E-state index contributed by atoms with van der Waals surface area (Å²) in [5.74, 6) is 0.123. The average Bonchev–Trinajstić information content (AvgIpc) is 3.26. The maximum Gasteiger partial charge on any atom is 0.242 e. The van der Waals surface area contributed by atoms with Crippen LogP contribution in [0.15, 0.2) is 47.8 Å². The van der Waals surface area contributed by atoms with E-state index in [1.165, 1.54) is 19.3 Å². The van der Waals surface area contributed by atoms with Crippen LogP contribution in [0.4, 0.5) is 0 Å². The first kappa shape index (κ1) is 24.1. The molecular formula is C25H36N2O2S. The molecule has 2 amide bonds. The molecule has 1 aromatic carbocycles. The minimum atomic E-state index is 0.0139. The van der Waals surface area contributed by atoms with Gasteiger partial charge in [0.2, 0.25) is 11.8 Å². The zero-order valence-corrected chi connectivity index (χ0v) is 19.3. The van der Waals surface area contributed by atoms with Crippen LogP contribution in [0, 0.1) is 0 Å². The molecule has 0 N–H and O–H groups in total. The van der Waals surface area contributed by atoms with Crippen LogP contribution in [-0.4, -0.2) is 34.7 Å². The number of hydrogen-bond acceptors (Lipinski definition) is 3. The zero-order valence-electron chi connectivity index (χ0n) is 18.5. The monoisotopic (exact) mass is 428 g/mol. The number of nitrogens with zero attached hydrogens (tertiary/aromatic N) is 2. The van der Waals surface area contributed by atoms with Crippen LogP contribution in [0.5, 0.6) is 0 Å². The van der Waals surface area contributed by atoms with E-state index >= 15 is 0 Å². The molecule has 0 fully saturated rings. The largest absolute Gasteiger partial charge is 0.333 e. The summed E-state index contributed by atoms with van der Waals surface area (Å²) >= 11 is 1.66. The molecule has 0 saturated carbocycles. The highest BCUT2D eigenvalue weighted by Crippen LogP contribution is 2.16. The van der Waals surface area contributed by atoms with Gasteiger partial charge in [0.15, 0.2) is 0 Å². The Kier molecular flexibility index (Phi) is 11.2. The van der Waals surface area contributed by atoms with Crippen LogP contribution in [0.2, 0.25) is 0 Å². The molecule has 0 bridgehead atoms. The predicted molar refractivity (Wildman–Crippen MR) is 125 cm³/mol. The lowest BCUT2D eigenvalue weighted by atomic mass is 10.1. The van der Waals surface area contributed by atoms with Crippen molar-refractivity contribution in [2.45, 2.75) is 71.9 Å². The minimum absolute atomic E-state index is 0.0139. The number of thiophene rings is 1. The van der Waals surface area contributed by atoms with E-state index < -0.39 is 0 Å². The second-order valence-electron chi connectivity index (χ2n) is 7.79. The zero-order chi connectivity index (χ0) is 21.6. The molecule has 1 aromatic heterocycles. The highest BCUT2D eigenvalue weighted by atomic mass is 32.1. The summed E-state index contributed by atoms with van der Waals surface area (Å²) < 4.78 is 0. The summed E-state index contributed by atoms with van der Waals surface area (Å²) in [6, 6.07) is 14.1. The van der Waals surface area contributed by atoms with Gasteiger partial charge in [-0.25, -0.2) is 0 Å². The molecule has 0 atom stereocenters. The molecule has 2 rings (SSSR count). The predicted octanol–water partition coefficient (Wildman–Crippen LogP) is 5.88. The maximum absolute atomic E-state index is 13.2. The van der Waals surface area contributed by atoms with Crippen molar-refractivity contribution in [1.82, 2.24) is 9.80 Å². The lowest BCUT2D eigenvalue weighted by molar-refractivity contribution is -0.141. The lowest BCUT2D eigenvalue weighted by Crippen LogP contribution is -2.42. The highest BCUT2D eigenvalue weighted by molar-refractivity contribution is 7.09. The highest BCUT2D eigenvalue weighted by Gasteiger charge is 2.21. The number of carbonyl (C=O) groups excluding carboxylic acids is 2. The van der Waals surface area contributed by atoms with Gasteiger partial charge in [0.1, 0.15) is 0 Å². The van der Waals surface area contributed by atoms with Gasteiger partial charge in [-0.1, -0.05) is 75.9 Å². The van der Waals surface area contributed by atoms with Crippen molar-refractivity contribution in [3.05, 3.63) is 58.3 Å². The molecule has 0 spiro atoms. The topological polar surface area (TPSA) is 40.6 Å². The van der Waals surface area contributed by atoms with Crippen LogP contribution < -0.4 is 0 Å². The summed E-state index contributed by atoms with van der Waals surface area (Å²) in [6.45, 7) is 6.19. The third kappa shape index (κ3) is 8.70. The van der Waals surface area contributed by atoms with Gasteiger partial charge in [-0.15, -0.1) is 11.3 Å². The molecule has 0 aliphatic heterocycles. The summed E-state index contributed by atoms with van der Waals surface area (Å²) in [7, 11) is 0. The Labute approximate surface area is 185 Å². The summed E-state index contributed by atoms with van der Waals surface area (Å²) in [4.78, 5) is 30.8. The summed E-state index contributed by atoms with van der Waals surface area (Å²) in [6.07, 6.45) is 7.01. The standard InChI is InChI=1S/C25H36N2O2S/c1-3-5-6-7-11-16-24(28)26(17-4-2)21-25(29)27(20-23-15-12-18-30-23)19-22-13-9-8-10-14-22/h8-10,12-15,18H,3-7,11,16-17,19-21H2,1-2H3. The number of benzene rings is 1. The van der Waals surface area contributed by atoms with E-state index in [1.807, 2.05) is 46.7 Å². The molecule has 0 saturated heterocycles. The molecule has 2 aromatic rings. The molecular weight excluding hydrogens is 392 g/mol. The van der Waals surface area contributed by atoms with Crippen molar-refractivity contribution in [3.8, 4) is 0 Å². The fraction of sp³-hybridized carbons (Fsp3) is 0.520. The van der Waals surface area contributed by atoms with Crippen molar-refractivity contribution in [2.75, 3.05) is 13.1 Å². The third-order valence-electron chi connectivity index (χ3n) is 5.16. The second-order valence-corrected chi connectivity index (χ2v) is 8.83. The number of rotatable bonds is 14. The first-order valence-electron chi connectivity index (χ1n) is 11.3. The van der Waals surface area contributed by atoms with Gasteiger partial charge in [-0.05, 0) is 29.9 Å². The van der Waals surface area contributed by atoms with Crippen LogP contribution in [0.1, 0.15) is 69.2 Å². The Bertz CT molecular complexity index is 731. The fourth-order valence-corrected chi connectivity index (χ4v) is 4.21. The van der Waals surface area contributed by atoms with Gasteiger partial charge in [0.05, 0.1) is 13.1 Å². The van der Waals surface area contributed by atoms with E-state index in [9.17, 15) is 9.59 Å². The number of hydrogen-bond donors (Lipinski definition) is 0. The third-order valence-corrected chi connectivity index (χ3v) is 6.02. The number of amides is 2. The summed E-state index contributed by atoms with van der Waals surface area (Å²) in [5.41, 5.74) is 1.10.